The Kier molecular flexibility index (Phi) is 9.44. The number of aryl methyl sites for hydroxylation is 2. The molecule has 2 unspecified atom stereocenters. The van der Waals surface area contributed by atoms with Crippen molar-refractivity contribution in [1.29, 1.82) is 0 Å². The standard InChI is InChI=1S/C33H47N3O5/c1-7-18-34(19-8-2)29(38)25-26-30(39)36(21-11-12-22-37)28(33(26)17-16-32(25,10-4)41-33)31(40)35(20-9-3)27-23(5)14-13-15-24(27)6/h7,9,13-15,25-26,28,37H,1,3,8,10-12,16-22H2,2,4-6H3/t25-,26+,28?,32+,33?/m1/s1. The van der Waals surface area contributed by atoms with Gasteiger partial charge in [-0.3, -0.25) is 14.4 Å². The van der Waals surface area contributed by atoms with Crippen molar-refractivity contribution in [1.82, 2.24) is 9.80 Å². The van der Waals surface area contributed by atoms with Crippen molar-refractivity contribution in [3.8, 4) is 0 Å². The lowest BCUT2D eigenvalue weighted by atomic mass is 9.64. The van der Waals surface area contributed by atoms with E-state index in [1.807, 2.05) is 45.9 Å². The lowest BCUT2D eigenvalue weighted by Gasteiger charge is -2.37. The third kappa shape index (κ3) is 5.03. The van der Waals surface area contributed by atoms with Crippen LogP contribution in [-0.4, -0.2) is 82.7 Å². The second kappa shape index (κ2) is 12.5. The number of anilines is 1. The molecule has 1 aromatic carbocycles. The summed E-state index contributed by atoms with van der Waals surface area (Å²) in [6.45, 7) is 17.3. The zero-order valence-corrected chi connectivity index (χ0v) is 25.2. The summed E-state index contributed by atoms with van der Waals surface area (Å²) in [5.74, 6) is -1.89. The number of amides is 3. The van der Waals surface area contributed by atoms with E-state index in [0.29, 0.717) is 51.7 Å². The van der Waals surface area contributed by atoms with Gasteiger partial charge in [0.15, 0.2) is 0 Å². The number of likely N-dealkylation sites (tertiary alicyclic amines) is 1. The van der Waals surface area contributed by atoms with E-state index in [0.717, 1.165) is 23.2 Å². The van der Waals surface area contributed by atoms with Crippen LogP contribution in [0, 0.1) is 25.7 Å². The maximum absolute atomic E-state index is 14.8. The van der Waals surface area contributed by atoms with E-state index in [-0.39, 0.29) is 30.9 Å². The molecule has 3 fully saturated rings. The van der Waals surface area contributed by atoms with E-state index < -0.39 is 29.1 Å². The van der Waals surface area contributed by atoms with Crippen LogP contribution in [0.15, 0.2) is 43.5 Å². The Morgan fingerprint density at radius 1 is 1.10 bits per heavy atom. The fraction of sp³-hybridized carbons (Fsp3) is 0.606. The van der Waals surface area contributed by atoms with Crippen molar-refractivity contribution in [3.63, 3.8) is 0 Å². The summed E-state index contributed by atoms with van der Waals surface area (Å²) in [6, 6.07) is 5.05. The number of rotatable bonds is 14. The molecule has 0 saturated carbocycles. The topological polar surface area (TPSA) is 90.4 Å². The molecule has 4 rings (SSSR count). The minimum absolute atomic E-state index is 0.00426. The smallest absolute Gasteiger partial charge is 0.253 e. The SMILES string of the molecule is C=CCN(CCC)C(=O)[C@H]1[C@H]2C(=O)N(CCCCO)C(C(=O)N(CC=C)c3c(C)cccc3C)C23CC[C@]1(CC)O3. The van der Waals surface area contributed by atoms with Crippen molar-refractivity contribution in [2.45, 2.75) is 83.5 Å². The zero-order valence-electron chi connectivity index (χ0n) is 25.2. The Balaban J connectivity index is 1.84. The van der Waals surface area contributed by atoms with Crippen molar-refractivity contribution < 1.29 is 24.2 Å². The molecule has 8 nitrogen and oxygen atoms in total. The van der Waals surface area contributed by atoms with Crippen LogP contribution in [0.3, 0.4) is 0 Å². The number of hydrogen-bond donors (Lipinski definition) is 1. The molecule has 0 radical (unpaired) electrons. The van der Waals surface area contributed by atoms with Gasteiger partial charge in [-0.25, -0.2) is 0 Å². The first kappa shape index (κ1) is 31.0. The number of fused-ring (bicyclic) bond motifs is 1. The molecule has 1 N–H and O–H groups in total. The van der Waals surface area contributed by atoms with Gasteiger partial charge in [0.25, 0.3) is 5.91 Å². The summed E-state index contributed by atoms with van der Waals surface area (Å²) in [6.07, 6.45) is 7.03. The van der Waals surface area contributed by atoms with Gasteiger partial charge in [0.1, 0.15) is 11.6 Å². The minimum Gasteiger partial charge on any atom is -0.396 e. The number of carbonyl (C=O) groups excluding carboxylic acids is 3. The first-order valence-electron chi connectivity index (χ1n) is 15.2. The summed E-state index contributed by atoms with van der Waals surface area (Å²) < 4.78 is 6.97. The maximum atomic E-state index is 14.8. The number of nitrogens with zero attached hydrogens (tertiary/aromatic N) is 3. The Morgan fingerprint density at radius 2 is 1.78 bits per heavy atom. The second-order valence-electron chi connectivity index (χ2n) is 11.8. The van der Waals surface area contributed by atoms with Crippen molar-refractivity contribution >= 4 is 23.4 Å². The van der Waals surface area contributed by atoms with E-state index in [2.05, 4.69) is 13.2 Å². The number of para-hydroxylation sites is 1. The number of hydrogen-bond acceptors (Lipinski definition) is 5. The fourth-order valence-corrected chi connectivity index (χ4v) is 7.72. The average molecular weight is 566 g/mol. The number of carbonyl (C=O) groups is 3. The summed E-state index contributed by atoms with van der Waals surface area (Å²) in [5, 5.41) is 9.48. The molecule has 1 aromatic rings. The predicted octanol–water partition coefficient (Wildman–Crippen LogP) is 4.17. The first-order valence-corrected chi connectivity index (χ1v) is 15.2. The van der Waals surface area contributed by atoms with Gasteiger partial charge in [-0.15, -0.1) is 13.2 Å². The highest BCUT2D eigenvalue weighted by atomic mass is 16.5. The molecule has 41 heavy (non-hydrogen) atoms. The largest absolute Gasteiger partial charge is 0.396 e. The molecule has 3 heterocycles. The van der Waals surface area contributed by atoms with Gasteiger partial charge in [0, 0.05) is 38.5 Å². The number of benzene rings is 1. The summed E-state index contributed by atoms with van der Waals surface area (Å²) in [7, 11) is 0. The van der Waals surface area contributed by atoms with E-state index in [1.165, 1.54) is 0 Å². The van der Waals surface area contributed by atoms with Crippen molar-refractivity contribution in [2.24, 2.45) is 11.8 Å². The van der Waals surface area contributed by atoms with Crippen LogP contribution in [-0.2, 0) is 19.1 Å². The molecule has 5 atom stereocenters. The Labute approximate surface area is 245 Å². The molecule has 8 heteroatoms. The lowest BCUT2D eigenvalue weighted by molar-refractivity contribution is -0.151. The van der Waals surface area contributed by atoms with Crippen LogP contribution in [0.5, 0.6) is 0 Å². The van der Waals surface area contributed by atoms with E-state index in [4.69, 9.17) is 4.74 Å². The molecule has 3 saturated heterocycles. The highest BCUT2D eigenvalue weighted by Crippen LogP contribution is 2.64. The molecule has 3 amide bonds. The lowest BCUT2D eigenvalue weighted by Crippen LogP contribution is -2.57. The van der Waals surface area contributed by atoms with Gasteiger partial charge < -0.3 is 24.5 Å². The Bertz CT molecular complexity index is 1160. The molecular weight excluding hydrogens is 518 g/mol. The number of aliphatic hydroxyl groups is 1. The van der Waals surface area contributed by atoms with Gasteiger partial charge in [0.05, 0.1) is 17.4 Å². The first-order chi connectivity index (χ1) is 19.7. The fourth-order valence-electron chi connectivity index (χ4n) is 7.72. The third-order valence-electron chi connectivity index (χ3n) is 9.43. The summed E-state index contributed by atoms with van der Waals surface area (Å²) in [5.41, 5.74) is 0.846. The van der Waals surface area contributed by atoms with Crippen LogP contribution in [0.25, 0.3) is 0 Å². The summed E-state index contributed by atoms with van der Waals surface area (Å²) >= 11 is 0. The van der Waals surface area contributed by atoms with Crippen LogP contribution >= 0.6 is 0 Å². The average Bonchev–Trinajstić information content (AvgIpc) is 3.55. The van der Waals surface area contributed by atoms with Crippen LogP contribution < -0.4 is 4.90 Å². The summed E-state index contributed by atoms with van der Waals surface area (Å²) in [4.78, 5) is 48.7. The number of ether oxygens (including phenoxy) is 1. The minimum atomic E-state index is -1.09. The molecule has 224 valence electrons. The van der Waals surface area contributed by atoms with Gasteiger partial charge in [-0.2, -0.15) is 0 Å². The quantitative estimate of drug-likeness (QED) is 0.270. The highest BCUT2D eigenvalue weighted by molar-refractivity contribution is 6.05. The van der Waals surface area contributed by atoms with Crippen LogP contribution in [0.4, 0.5) is 5.69 Å². The molecule has 3 aliphatic heterocycles. The molecule has 2 bridgehead atoms. The van der Waals surface area contributed by atoms with Gasteiger partial charge >= 0.3 is 0 Å². The Morgan fingerprint density at radius 3 is 2.37 bits per heavy atom. The third-order valence-corrected chi connectivity index (χ3v) is 9.43. The van der Waals surface area contributed by atoms with E-state index in [1.54, 1.807) is 26.9 Å². The van der Waals surface area contributed by atoms with Gasteiger partial charge in [-0.05, 0) is 63.5 Å². The second-order valence-corrected chi connectivity index (χ2v) is 11.8. The van der Waals surface area contributed by atoms with Crippen molar-refractivity contribution in [3.05, 3.63) is 54.6 Å². The molecule has 1 spiro atoms. The molecular formula is C33H47N3O5. The Hall–Kier alpha value is -2.97. The molecule has 3 aliphatic rings. The predicted molar refractivity (Wildman–Crippen MR) is 160 cm³/mol. The number of aliphatic hydroxyl groups excluding tert-OH is 1. The van der Waals surface area contributed by atoms with Crippen molar-refractivity contribution in [2.75, 3.05) is 37.7 Å². The highest BCUT2D eigenvalue weighted by Gasteiger charge is 2.79. The van der Waals surface area contributed by atoms with Crippen LogP contribution in [0.2, 0.25) is 0 Å². The van der Waals surface area contributed by atoms with E-state index >= 15 is 0 Å². The number of unbranched alkanes of at least 4 members (excludes halogenated alkanes) is 1. The van der Waals surface area contributed by atoms with Crippen LogP contribution in [0.1, 0.15) is 63.5 Å². The maximum Gasteiger partial charge on any atom is 0.253 e. The molecule has 0 aliphatic carbocycles. The van der Waals surface area contributed by atoms with Gasteiger partial charge in [-0.1, -0.05) is 44.2 Å². The van der Waals surface area contributed by atoms with Gasteiger partial charge in [0.2, 0.25) is 11.8 Å². The normalized spacial score (nSPS) is 28.1. The molecule has 0 aromatic heterocycles. The monoisotopic (exact) mass is 565 g/mol. The zero-order chi connectivity index (χ0) is 29.9. The van der Waals surface area contributed by atoms with E-state index in [9.17, 15) is 19.5 Å².